The van der Waals surface area contributed by atoms with E-state index in [4.69, 9.17) is 4.74 Å². The smallest absolute Gasteiger partial charge is 0.295 e. The Bertz CT molecular complexity index is 1130. The first-order chi connectivity index (χ1) is 15.1. The molecule has 1 amide bonds. The lowest BCUT2D eigenvalue weighted by atomic mass is 9.96. The van der Waals surface area contributed by atoms with Gasteiger partial charge in [0.15, 0.2) is 0 Å². The normalized spacial score (nSPS) is 17.7. The van der Waals surface area contributed by atoms with Gasteiger partial charge in [0.25, 0.3) is 11.7 Å². The number of Topliss-reactive ketones (excluding diaryl/α,β-unsaturated/α-hetero) is 1. The van der Waals surface area contributed by atoms with Crippen LogP contribution in [-0.2, 0) is 16.1 Å². The molecule has 0 bridgehead atoms. The first-order valence-corrected chi connectivity index (χ1v) is 9.90. The Morgan fingerprint density at radius 2 is 1.87 bits per heavy atom. The van der Waals surface area contributed by atoms with Crippen LogP contribution in [-0.4, -0.2) is 38.3 Å². The third-order valence-electron chi connectivity index (χ3n) is 5.06. The Balaban J connectivity index is 1.83. The van der Waals surface area contributed by atoms with Crippen molar-refractivity contribution in [2.24, 2.45) is 0 Å². The lowest BCUT2D eigenvalue weighted by Crippen LogP contribution is -2.29. The fourth-order valence-electron chi connectivity index (χ4n) is 3.68. The SMILES string of the molecule is CCOc1cccc(C(O)=C2C(=O)C(=O)N(Cc3cccnc3)[C@@H]2c2ccncc2)c1. The van der Waals surface area contributed by atoms with Gasteiger partial charge in [-0.15, -0.1) is 0 Å². The molecular weight excluding hydrogens is 394 g/mol. The van der Waals surface area contributed by atoms with Crippen LogP contribution in [0.1, 0.15) is 29.7 Å². The van der Waals surface area contributed by atoms with Gasteiger partial charge in [-0.25, -0.2) is 0 Å². The number of nitrogens with zero attached hydrogens (tertiary/aromatic N) is 3. The van der Waals surface area contributed by atoms with Gasteiger partial charge in [0.1, 0.15) is 11.5 Å². The molecule has 1 fully saturated rings. The third-order valence-corrected chi connectivity index (χ3v) is 5.06. The van der Waals surface area contributed by atoms with Gasteiger partial charge in [0, 0.05) is 36.9 Å². The Morgan fingerprint density at radius 1 is 1.06 bits per heavy atom. The first kappa shape index (κ1) is 20.3. The Morgan fingerprint density at radius 3 is 2.58 bits per heavy atom. The van der Waals surface area contributed by atoms with Crippen LogP contribution in [0.2, 0.25) is 0 Å². The van der Waals surface area contributed by atoms with Crippen LogP contribution in [0.25, 0.3) is 5.76 Å². The minimum atomic E-state index is -0.751. The van der Waals surface area contributed by atoms with Crippen molar-refractivity contribution in [1.29, 1.82) is 0 Å². The summed E-state index contributed by atoms with van der Waals surface area (Å²) in [4.78, 5) is 35.6. The summed E-state index contributed by atoms with van der Waals surface area (Å²) < 4.78 is 5.51. The van der Waals surface area contributed by atoms with E-state index in [-0.39, 0.29) is 17.9 Å². The van der Waals surface area contributed by atoms with Crippen LogP contribution >= 0.6 is 0 Å². The number of hydrogen-bond donors (Lipinski definition) is 1. The summed E-state index contributed by atoms with van der Waals surface area (Å²) in [6, 6.07) is 13.1. The number of carbonyl (C=O) groups is 2. The molecule has 1 saturated heterocycles. The quantitative estimate of drug-likeness (QED) is 0.376. The number of aliphatic hydroxyl groups is 1. The molecule has 1 aliphatic rings. The molecule has 0 radical (unpaired) electrons. The van der Waals surface area contributed by atoms with Gasteiger partial charge in [-0.3, -0.25) is 19.6 Å². The second-order valence-electron chi connectivity index (χ2n) is 7.03. The number of aromatic nitrogens is 2. The van der Waals surface area contributed by atoms with Crippen LogP contribution in [0.3, 0.4) is 0 Å². The van der Waals surface area contributed by atoms with Gasteiger partial charge in [-0.1, -0.05) is 18.2 Å². The third kappa shape index (κ3) is 4.02. The van der Waals surface area contributed by atoms with E-state index in [0.29, 0.717) is 23.5 Å². The summed E-state index contributed by atoms with van der Waals surface area (Å²) >= 11 is 0. The number of amides is 1. The second-order valence-corrected chi connectivity index (χ2v) is 7.03. The minimum absolute atomic E-state index is 0.0359. The minimum Gasteiger partial charge on any atom is -0.507 e. The molecule has 4 rings (SSSR count). The van der Waals surface area contributed by atoms with Crippen LogP contribution in [0, 0.1) is 0 Å². The standard InChI is InChI=1S/C24H21N3O4/c1-2-31-19-7-3-6-18(13-19)22(28)20-21(17-8-11-25-12-9-17)27(24(30)23(20)29)15-16-5-4-10-26-14-16/h3-14,21,28H,2,15H2,1H3/t21-/m1/s1. The maximum atomic E-state index is 13.0. The lowest BCUT2D eigenvalue weighted by molar-refractivity contribution is -0.140. The van der Waals surface area contributed by atoms with Gasteiger partial charge in [0.05, 0.1) is 18.2 Å². The number of likely N-dealkylation sites (tertiary alicyclic amines) is 1. The molecule has 0 aliphatic carbocycles. The summed E-state index contributed by atoms with van der Waals surface area (Å²) in [6.45, 7) is 2.51. The van der Waals surface area contributed by atoms with Crippen molar-refractivity contribution >= 4 is 17.4 Å². The Hall–Kier alpha value is -4.00. The van der Waals surface area contributed by atoms with E-state index in [2.05, 4.69) is 9.97 Å². The predicted octanol–water partition coefficient (Wildman–Crippen LogP) is 3.50. The van der Waals surface area contributed by atoms with Gasteiger partial charge in [-0.2, -0.15) is 0 Å². The maximum Gasteiger partial charge on any atom is 0.295 e. The molecule has 0 spiro atoms. The number of benzene rings is 1. The molecular formula is C24H21N3O4. The summed E-state index contributed by atoms with van der Waals surface area (Å²) in [5, 5.41) is 11.1. The fraction of sp³-hybridized carbons (Fsp3) is 0.167. The molecule has 0 unspecified atom stereocenters. The van der Waals surface area contributed by atoms with Crippen molar-refractivity contribution in [3.63, 3.8) is 0 Å². The van der Waals surface area contributed by atoms with E-state index in [0.717, 1.165) is 5.56 Å². The molecule has 7 heteroatoms. The Kier molecular flexibility index (Phi) is 5.75. The lowest BCUT2D eigenvalue weighted by Gasteiger charge is -2.25. The molecule has 31 heavy (non-hydrogen) atoms. The van der Waals surface area contributed by atoms with E-state index >= 15 is 0 Å². The van der Waals surface area contributed by atoms with Crippen molar-refractivity contribution in [1.82, 2.24) is 14.9 Å². The summed E-state index contributed by atoms with van der Waals surface area (Å²) in [5.41, 5.74) is 1.90. The zero-order chi connectivity index (χ0) is 21.8. The van der Waals surface area contributed by atoms with Crippen LogP contribution in [0.15, 0.2) is 78.9 Å². The molecule has 1 N–H and O–H groups in total. The number of aliphatic hydroxyl groups excluding tert-OH is 1. The van der Waals surface area contributed by atoms with Gasteiger partial charge < -0.3 is 14.7 Å². The highest BCUT2D eigenvalue weighted by Gasteiger charge is 2.46. The zero-order valence-corrected chi connectivity index (χ0v) is 16.9. The van der Waals surface area contributed by atoms with E-state index in [1.54, 1.807) is 67.3 Å². The number of rotatable bonds is 6. The molecule has 3 aromatic rings. The maximum absolute atomic E-state index is 13.0. The monoisotopic (exact) mass is 415 g/mol. The summed E-state index contributed by atoms with van der Waals surface area (Å²) in [7, 11) is 0. The van der Waals surface area contributed by atoms with E-state index in [1.807, 2.05) is 13.0 Å². The molecule has 1 aromatic carbocycles. The number of carbonyl (C=O) groups excluding carboxylic acids is 2. The van der Waals surface area contributed by atoms with E-state index < -0.39 is 17.7 Å². The molecule has 7 nitrogen and oxygen atoms in total. The van der Waals surface area contributed by atoms with E-state index in [9.17, 15) is 14.7 Å². The number of hydrogen-bond acceptors (Lipinski definition) is 6. The number of ketones is 1. The van der Waals surface area contributed by atoms with Gasteiger partial charge in [0.2, 0.25) is 0 Å². The highest BCUT2D eigenvalue weighted by Crippen LogP contribution is 2.40. The van der Waals surface area contributed by atoms with Crippen molar-refractivity contribution in [2.75, 3.05) is 6.61 Å². The average molecular weight is 415 g/mol. The molecule has 0 saturated carbocycles. The fourth-order valence-corrected chi connectivity index (χ4v) is 3.68. The summed E-state index contributed by atoms with van der Waals surface area (Å²) in [6.07, 6.45) is 6.47. The predicted molar refractivity (Wildman–Crippen MR) is 114 cm³/mol. The highest BCUT2D eigenvalue weighted by atomic mass is 16.5. The van der Waals surface area contributed by atoms with Crippen LogP contribution < -0.4 is 4.74 Å². The molecule has 1 aliphatic heterocycles. The first-order valence-electron chi connectivity index (χ1n) is 9.90. The molecule has 2 aromatic heterocycles. The summed E-state index contributed by atoms with van der Waals surface area (Å²) in [5.74, 6) is -1.08. The van der Waals surface area contributed by atoms with E-state index in [1.165, 1.54) is 4.90 Å². The highest BCUT2D eigenvalue weighted by molar-refractivity contribution is 6.46. The average Bonchev–Trinajstić information content (AvgIpc) is 3.05. The zero-order valence-electron chi connectivity index (χ0n) is 16.9. The van der Waals surface area contributed by atoms with Crippen LogP contribution in [0.5, 0.6) is 5.75 Å². The van der Waals surface area contributed by atoms with Gasteiger partial charge >= 0.3 is 0 Å². The number of ether oxygens (including phenoxy) is 1. The van der Waals surface area contributed by atoms with Crippen molar-refractivity contribution in [3.8, 4) is 5.75 Å². The van der Waals surface area contributed by atoms with Crippen LogP contribution in [0.4, 0.5) is 0 Å². The number of pyridine rings is 2. The second kappa shape index (κ2) is 8.79. The topological polar surface area (TPSA) is 92.6 Å². The molecule has 3 heterocycles. The largest absolute Gasteiger partial charge is 0.507 e. The van der Waals surface area contributed by atoms with Gasteiger partial charge in [-0.05, 0) is 48.4 Å². The molecule has 1 atom stereocenters. The Labute approximate surface area is 179 Å². The van der Waals surface area contributed by atoms with Crippen molar-refractivity contribution in [3.05, 3.63) is 95.6 Å². The molecule has 156 valence electrons. The van der Waals surface area contributed by atoms with Crippen molar-refractivity contribution < 1.29 is 19.4 Å². The van der Waals surface area contributed by atoms with Crippen molar-refractivity contribution in [2.45, 2.75) is 19.5 Å².